The van der Waals surface area contributed by atoms with Gasteiger partial charge in [0.15, 0.2) is 0 Å². The van der Waals surface area contributed by atoms with E-state index < -0.39 is 0 Å². The quantitative estimate of drug-likeness (QED) is 0.559. The molecule has 0 saturated heterocycles. The standard InChI is InChI=1S/C13H20O2S/c1-2-13(16-10-6-9-14)15-11-12-7-4-3-5-8-12/h3-5,7-8,13-14H,2,6,9-11H2,1H3. The average molecular weight is 240 g/mol. The molecule has 1 atom stereocenters. The van der Waals surface area contributed by atoms with E-state index in [4.69, 9.17) is 9.84 Å². The van der Waals surface area contributed by atoms with E-state index in [1.807, 2.05) is 18.2 Å². The highest BCUT2D eigenvalue weighted by Crippen LogP contribution is 2.18. The zero-order valence-electron chi connectivity index (χ0n) is 9.76. The zero-order valence-corrected chi connectivity index (χ0v) is 10.6. The number of thioether (sulfide) groups is 1. The number of hydrogen-bond donors (Lipinski definition) is 1. The summed E-state index contributed by atoms with van der Waals surface area (Å²) in [7, 11) is 0. The van der Waals surface area contributed by atoms with Crippen LogP contribution in [0.3, 0.4) is 0 Å². The number of benzene rings is 1. The minimum atomic E-state index is 0.242. The van der Waals surface area contributed by atoms with Crippen molar-refractivity contribution in [1.29, 1.82) is 0 Å². The van der Waals surface area contributed by atoms with E-state index in [1.165, 1.54) is 5.56 Å². The second kappa shape index (κ2) is 8.62. The van der Waals surface area contributed by atoms with Crippen LogP contribution in [-0.4, -0.2) is 22.9 Å². The first-order chi connectivity index (χ1) is 7.86. The Balaban J connectivity index is 2.23. The summed E-state index contributed by atoms with van der Waals surface area (Å²) in [6.45, 7) is 3.06. The van der Waals surface area contributed by atoms with Gasteiger partial charge in [-0.15, -0.1) is 11.8 Å². The topological polar surface area (TPSA) is 29.5 Å². The van der Waals surface area contributed by atoms with Gasteiger partial charge in [-0.25, -0.2) is 0 Å². The Kier molecular flexibility index (Phi) is 7.30. The highest BCUT2D eigenvalue weighted by atomic mass is 32.2. The Hall–Kier alpha value is -0.510. The molecule has 0 spiro atoms. The van der Waals surface area contributed by atoms with Gasteiger partial charge in [0.1, 0.15) is 5.44 Å². The van der Waals surface area contributed by atoms with Gasteiger partial charge in [-0.3, -0.25) is 0 Å². The van der Waals surface area contributed by atoms with E-state index in [9.17, 15) is 0 Å². The van der Waals surface area contributed by atoms with E-state index in [0.717, 1.165) is 18.6 Å². The lowest BCUT2D eigenvalue weighted by Crippen LogP contribution is -2.08. The molecular formula is C13H20O2S. The Bertz CT molecular complexity index is 264. The number of hydrogen-bond acceptors (Lipinski definition) is 3. The fourth-order valence-corrected chi connectivity index (χ4v) is 2.29. The molecule has 16 heavy (non-hydrogen) atoms. The van der Waals surface area contributed by atoms with Crippen molar-refractivity contribution in [1.82, 2.24) is 0 Å². The predicted molar refractivity (Wildman–Crippen MR) is 69.5 cm³/mol. The van der Waals surface area contributed by atoms with Crippen molar-refractivity contribution >= 4 is 11.8 Å². The van der Waals surface area contributed by atoms with Gasteiger partial charge in [0, 0.05) is 6.61 Å². The highest BCUT2D eigenvalue weighted by Gasteiger charge is 2.06. The predicted octanol–water partition coefficient (Wildman–Crippen LogP) is 3.05. The lowest BCUT2D eigenvalue weighted by molar-refractivity contribution is 0.0967. The van der Waals surface area contributed by atoms with Gasteiger partial charge < -0.3 is 9.84 Å². The molecule has 1 aromatic carbocycles. The molecule has 0 saturated carbocycles. The lowest BCUT2D eigenvalue weighted by Gasteiger charge is -2.15. The molecule has 0 heterocycles. The summed E-state index contributed by atoms with van der Waals surface area (Å²) >= 11 is 1.78. The largest absolute Gasteiger partial charge is 0.396 e. The molecule has 0 radical (unpaired) electrons. The molecular weight excluding hydrogens is 220 g/mol. The van der Waals surface area contributed by atoms with E-state index in [-0.39, 0.29) is 12.0 Å². The first kappa shape index (κ1) is 13.6. The van der Waals surface area contributed by atoms with Crippen molar-refractivity contribution in [2.24, 2.45) is 0 Å². The minimum absolute atomic E-state index is 0.242. The third kappa shape index (κ3) is 5.54. The van der Waals surface area contributed by atoms with Gasteiger partial charge in [0.05, 0.1) is 6.61 Å². The van der Waals surface area contributed by atoms with Crippen molar-refractivity contribution in [2.45, 2.75) is 31.8 Å². The molecule has 0 aromatic heterocycles. The molecule has 0 aliphatic carbocycles. The van der Waals surface area contributed by atoms with Crippen LogP contribution in [-0.2, 0) is 11.3 Å². The van der Waals surface area contributed by atoms with Crippen molar-refractivity contribution in [3.8, 4) is 0 Å². The van der Waals surface area contributed by atoms with Crippen LogP contribution in [0.1, 0.15) is 25.3 Å². The van der Waals surface area contributed by atoms with Crippen LogP contribution in [0.4, 0.5) is 0 Å². The van der Waals surface area contributed by atoms with E-state index in [0.29, 0.717) is 6.61 Å². The molecule has 0 bridgehead atoms. The van der Waals surface area contributed by atoms with Crippen molar-refractivity contribution in [3.05, 3.63) is 35.9 Å². The summed E-state index contributed by atoms with van der Waals surface area (Å²) in [4.78, 5) is 0. The van der Waals surface area contributed by atoms with Crippen LogP contribution in [0.2, 0.25) is 0 Å². The summed E-state index contributed by atoms with van der Waals surface area (Å²) in [6.07, 6.45) is 1.85. The highest BCUT2D eigenvalue weighted by molar-refractivity contribution is 7.99. The Morgan fingerprint density at radius 3 is 2.69 bits per heavy atom. The smallest absolute Gasteiger partial charge is 0.103 e. The summed E-state index contributed by atoms with van der Waals surface area (Å²) in [5.41, 5.74) is 1.45. The fraction of sp³-hybridized carbons (Fsp3) is 0.538. The van der Waals surface area contributed by atoms with Crippen LogP contribution in [0.15, 0.2) is 30.3 Å². The Morgan fingerprint density at radius 1 is 1.31 bits per heavy atom. The molecule has 0 aliphatic rings. The maximum Gasteiger partial charge on any atom is 0.103 e. The Labute approximate surface area is 102 Å². The monoisotopic (exact) mass is 240 g/mol. The number of aliphatic hydroxyl groups excluding tert-OH is 1. The molecule has 90 valence electrons. The van der Waals surface area contributed by atoms with Crippen LogP contribution >= 0.6 is 11.8 Å². The minimum Gasteiger partial charge on any atom is -0.396 e. The first-order valence-corrected chi connectivity index (χ1v) is 6.79. The maximum atomic E-state index is 8.71. The maximum absolute atomic E-state index is 8.71. The van der Waals surface area contributed by atoms with Crippen molar-refractivity contribution in [2.75, 3.05) is 12.4 Å². The molecule has 1 aromatic rings. The van der Waals surface area contributed by atoms with Gasteiger partial charge in [-0.05, 0) is 24.2 Å². The van der Waals surface area contributed by atoms with Crippen LogP contribution < -0.4 is 0 Å². The second-order valence-electron chi connectivity index (χ2n) is 3.58. The van der Waals surface area contributed by atoms with Gasteiger partial charge in [0.2, 0.25) is 0 Å². The Morgan fingerprint density at radius 2 is 2.06 bits per heavy atom. The first-order valence-electron chi connectivity index (χ1n) is 5.74. The third-order valence-electron chi connectivity index (χ3n) is 2.22. The average Bonchev–Trinajstić information content (AvgIpc) is 2.35. The number of rotatable bonds is 8. The molecule has 1 rings (SSSR count). The zero-order chi connectivity index (χ0) is 11.6. The normalized spacial score (nSPS) is 12.6. The number of ether oxygens (including phenoxy) is 1. The van der Waals surface area contributed by atoms with Crippen molar-refractivity contribution in [3.63, 3.8) is 0 Å². The summed E-state index contributed by atoms with van der Waals surface area (Å²) in [5.74, 6) is 0.962. The lowest BCUT2D eigenvalue weighted by atomic mass is 10.2. The second-order valence-corrected chi connectivity index (χ2v) is 4.85. The fourth-order valence-electron chi connectivity index (χ4n) is 1.33. The van der Waals surface area contributed by atoms with E-state index in [2.05, 4.69) is 19.1 Å². The van der Waals surface area contributed by atoms with E-state index >= 15 is 0 Å². The van der Waals surface area contributed by atoms with E-state index in [1.54, 1.807) is 11.8 Å². The molecule has 1 unspecified atom stereocenters. The molecule has 1 N–H and O–H groups in total. The van der Waals surface area contributed by atoms with Crippen LogP contribution in [0.25, 0.3) is 0 Å². The van der Waals surface area contributed by atoms with Gasteiger partial charge >= 0.3 is 0 Å². The molecule has 0 aliphatic heterocycles. The summed E-state index contributed by atoms with van der Waals surface area (Å²) in [5, 5.41) is 8.71. The summed E-state index contributed by atoms with van der Waals surface area (Å²) < 4.78 is 5.81. The van der Waals surface area contributed by atoms with Gasteiger partial charge in [-0.2, -0.15) is 0 Å². The van der Waals surface area contributed by atoms with Crippen LogP contribution in [0, 0.1) is 0 Å². The van der Waals surface area contributed by atoms with Gasteiger partial charge in [-0.1, -0.05) is 37.3 Å². The molecule has 0 amide bonds. The summed E-state index contributed by atoms with van der Waals surface area (Å²) in [6, 6.07) is 10.2. The van der Waals surface area contributed by atoms with Crippen LogP contribution in [0.5, 0.6) is 0 Å². The molecule has 2 nitrogen and oxygen atoms in total. The van der Waals surface area contributed by atoms with Gasteiger partial charge in [0.25, 0.3) is 0 Å². The molecule has 0 fully saturated rings. The number of aliphatic hydroxyl groups is 1. The molecule has 3 heteroatoms. The van der Waals surface area contributed by atoms with Crippen molar-refractivity contribution < 1.29 is 9.84 Å². The third-order valence-corrected chi connectivity index (χ3v) is 3.58. The SMILES string of the molecule is CCC(OCc1ccccc1)SCCCO.